The molecule has 42 heavy (non-hydrogen) atoms. The van der Waals surface area contributed by atoms with E-state index in [1.807, 2.05) is 26.0 Å². The van der Waals surface area contributed by atoms with Gasteiger partial charge in [0.25, 0.3) is 5.91 Å². The molecule has 224 valence electrons. The number of halogens is 2. The minimum absolute atomic E-state index is 0.0170. The topological polar surface area (TPSA) is 131 Å². The molecule has 3 unspecified atom stereocenters. The number of amides is 1. The third kappa shape index (κ3) is 5.59. The summed E-state index contributed by atoms with van der Waals surface area (Å²) in [5, 5.41) is 2.65. The van der Waals surface area contributed by atoms with Crippen molar-refractivity contribution in [3.63, 3.8) is 0 Å². The summed E-state index contributed by atoms with van der Waals surface area (Å²) in [6.45, 7) is 5.47. The number of aliphatic imine (C=N–C) groups is 1. The second-order valence-electron chi connectivity index (χ2n) is 10.8. The van der Waals surface area contributed by atoms with E-state index in [1.165, 1.54) is 25.2 Å². The average molecular weight is 599 g/mol. The number of nitrogens with one attached hydrogen (secondary N) is 1. The second-order valence-corrected chi connectivity index (χ2v) is 13.1. The molecule has 3 N–H and O–H groups in total. The van der Waals surface area contributed by atoms with Crippen molar-refractivity contribution in [2.75, 3.05) is 12.4 Å². The zero-order valence-corrected chi connectivity index (χ0v) is 25.0. The highest BCUT2D eigenvalue weighted by atomic mass is 32.2. The first-order valence-electron chi connectivity index (χ1n) is 13.8. The summed E-state index contributed by atoms with van der Waals surface area (Å²) >= 11 is 0. The van der Waals surface area contributed by atoms with Gasteiger partial charge in [0.05, 0.1) is 6.20 Å². The summed E-state index contributed by atoms with van der Waals surface area (Å²) in [7, 11) is -2.80. The summed E-state index contributed by atoms with van der Waals surface area (Å²) in [5.41, 5.74) is 5.63. The zero-order chi connectivity index (χ0) is 30.7. The Labute approximate surface area is 245 Å². The smallest absolute Gasteiger partial charge is 0.274 e. The summed E-state index contributed by atoms with van der Waals surface area (Å²) in [6, 6.07) is 10.0. The van der Waals surface area contributed by atoms with Gasteiger partial charge in [-0.2, -0.15) is 0 Å². The van der Waals surface area contributed by atoms with E-state index in [1.54, 1.807) is 19.3 Å². The first-order valence-corrected chi connectivity index (χ1v) is 15.3. The van der Waals surface area contributed by atoms with E-state index in [4.69, 9.17) is 10.7 Å². The lowest BCUT2D eigenvalue weighted by molar-refractivity contribution is 0.102. The Morgan fingerprint density at radius 3 is 2.52 bits per heavy atom. The van der Waals surface area contributed by atoms with Crippen molar-refractivity contribution in [1.82, 2.24) is 14.3 Å². The zero-order valence-electron chi connectivity index (χ0n) is 24.1. The predicted octanol–water partition coefficient (Wildman–Crippen LogP) is 5.01. The number of pyridine rings is 2. The molecule has 9 nitrogen and oxygen atoms in total. The molecule has 3 atom stereocenters. The van der Waals surface area contributed by atoms with Crippen LogP contribution in [0.3, 0.4) is 0 Å². The lowest BCUT2D eigenvalue weighted by Crippen LogP contribution is -2.65. The quantitative estimate of drug-likeness (QED) is 0.337. The van der Waals surface area contributed by atoms with Gasteiger partial charge in [0, 0.05) is 30.7 Å². The van der Waals surface area contributed by atoms with Crippen LogP contribution in [-0.2, 0) is 22.0 Å². The molecule has 1 aliphatic heterocycles. The summed E-state index contributed by atoms with van der Waals surface area (Å²) < 4.78 is 57.4. The van der Waals surface area contributed by atoms with Crippen LogP contribution in [0.5, 0.6) is 0 Å². The Morgan fingerprint density at radius 1 is 1.14 bits per heavy atom. The van der Waals surface area contributed by atoms with Gasteiger partial charge in [0.15, 0.2) is 0 Å². The van der Waals surface area contributed by atoms with Crippen LogP contribution in [0.2, 0.25) is 0 Å². The first-order chi connectivity index (χ1) is 19.9. The molecule has 3 aromatic rings. The number of nitrogens with two attached hydrogens (primary N) is 1. The molecule has 3 heterocycles. The van der Waals surface area contributed by atoms with Gasteiger partial charge in [-0.25, -0.2) is 31.5 Å². The van der Waals surface area contributed by atoms with Crippen molar-refractivity contribution in [3.05, 3.63) is 89.5 Å². The molecule has 0 radical (unpaired) electrons. The van der Waals surface area contributed by atoms with E-state index in [0.717, 1.165) is 28.2 Å². The molecule has 2 aromatic heterocycles. The second kappa shape index (κ2) is 12.1. The van der Waals surface area contributed by atoms with Crippen LogP contribution in [0.1, 0.15) is 68.1 Å². The van der Waals surface area contributed by atoms with Crippen molar-refractivity contribution >= 4 is 27.6 Å². The summed E-state index contributed by atoms with van der Waals surface area (Å²) in [5.74, 6) is -2.28. The van der Waals surface area contributed by atoms with Crippen LogP contribution in [0.25, 0.3) is 0 Å². The lowest BCUT2D eigenvalue weighted by Gasteiger charge is -2.52. The number of hydrogen-bond acceptors (Lipinski definition) is 7. The minimum Gasteiger partial charge on any atom is -0.369 e. The maximum atomic E-state index is 15.8. The number of carbonyl (C=O) groups is 1. The van der Waals surface area contributed by atoms with Gasteiger partial charge in [-0.3, -0.25) is 9.78 Å². The predicted molar refractivity (Wildman–Crippen MR) is 158 cm³/mol. The van der Waals surface area contributed by atoms with Gasteiger partial charge in [0.1, 0.15) is 27.6 Å². The van der Waals surface area contributed by atoms with E-state index >= 15 is 4.39 Å². The Bertz CT molecular complexity index is 1570. The van der Waals surface area contributed by atoms with Gasteiger partial charge >= 0.3 is 0 Å². The molecular weight excluding hydrogens is 562 g/mol. The fourth-order valence-corrected chi connectivity index (χ4v) is 8.26. The van der Waals surface area contributed by atoms with Gasteiger partial charge in [-0.05, 0) is 74.1 Å². The maximum Gasteiger partial charge on any atom is 0.274 e. The normalized spacial score (nSPS) is 22.3. The van der Waals surface area contributed by atoms with Crippen LogP contribution < -0.4 is 11.1 Å². The fraction of sp³-hybridized carbons (Fsp3) is 0.400. The number of rotatable bonds is 10. The van der Waals surface area contributed by atoms with Gasteiger partial charge in [-0.1, -0.05) is 32.8 Å². The molecule has 0 saturated carbocycles. The van der Waals surface area contributed by atoms with Crippen molar-refractivity contribution in [2.24, 2.45) is 16.6 Å². The van der Waals surface area contributed by atoms with E-state index in [2.05, 4.69) is 15.3 Å². The van der Waals surface area contributed by atoms with Gasteiger partial charge in [0.2, 0.25) is 16.0 Å². The lowest BCUT2D eigenvalue weighted by atomic mass is 9.71. The molecule has 4 rings (SSSR count). The maximum absolute atomic E-state index is 15.8. The number of aromatic nitrogens is 2. The first kappa shape index (κ1) is 31.0. The van der Waals surface area contributed by atoms with Crippen LogP contribution in [0.4, 0.5) is 14.5 Å². The molecule has 0 saturated heterocycles. The average Bonchev–Trinajstić information content (AvgIpc) is 2.96. The number of guanidine groups is 1. The number of carbonyl (C=O) groups excluding carboxylic acids is 1. The van der Waals surface area contributed by atoms with E-state index < -0.39 is 37.9 Å². The third-order valence-corrected chi connectivity index (χ3v) is 10.9. The van der Waals surface area contributed by atoms with Crippen molar-refractivity contribution < 1.29 is 22.0 Å². The Hall–Kier alpha value is -3.93. The number of sulfonamides is 1. The molecule has 1 aliphatic rings. The Balaban J connectivity index is 1.85. The molecule has 1 aromatic carbocycles. The molecule has 0 aliphatic carbocycles. The van der Waals surface area contributed by atoms with Crippen molar-refractivity contribution in [2.45, 2.75) is 63.2 Å². The molecule has 0 spiro atoms. The van der Waals surface area contributed by atoms with Gasteiger partial charge in [-0.15, -0.1) is 0 Å². The molecular formula is C30H36F2N6O3S. The number of hydrogen-bond donors (Lipinski definition) is 2. The summed E-state index contributed by atoms with van der Waals surface area (Å²) in [4.78, 5) is 25.5. The SMILES string of the molecule is CCCC1(CC(CC)Cc2cccnc2)C(C)(c2cc(NC(=O)c3ccc(F)cn3)ccc2F)N=C(N)N(C)S1(=O)=O. The van der Waals surface area contributed by atoms with Crippen LogP contribution >= 0.6 is 0 Å². The Kier molecular flexibility index (Phi) is 8.95. The molecule has 0 fully saturated rings. The molecule has 12 heteroatoms. The molecule has 0 bridgehead atoms. The Morgan fingerprint density at radius 2 is 1.90 bits per heavy atom. The van der Waals surface area contributed by atoms with E-state index in [9.17, 15) is 17.6 Å². The third-order valence-electron chi connectivity index (χ3n) is 8.21. The molecule has 1 amide bonds. The van der Waals surface area contributed by atoms with Crippen LogP contribution in [0, 0.1) is 17.6 Å². The van der Waals surface area contributed by atoms with Crippen LogP contribution in [0.15, 0.2) is 66.0 Å². The summed E-state index contributed by atoms with van der Waals surface area (Å²) in [6.07, 6.45) is 6.45. The monoisotopic (exact) mass is 598 g/mol. The highest BCUT2D eigenvalue weighted by Crippen LogP contribution is 2.53. The van der Waals surface area contributed by atoms with E-state index in [-0.39, 0.29) is 41.7 Å². The fourth-order valence-electron chi connectivity index (χ4n) is 5.89. The minimum atomic E-state index is -4.17. The largest absolute Gasteiger partial charge is 0.369 e. The number of nitrogens with zero attached hydrogens (tertiary/aromatic N) is 4. The van der Waals surface area contributed by atoms with Gasteiger partial charge < -0.3 is 11.1 Å². The number of benzene rings is 1. The number of anilines is 1. The standard InChI is InChI=1S/C30H36F2N6O3S/c1-5-13-30(17-20(6-2)15-21-8-7-14-34-18-21)29(3,37-28(33)38(4)42(30,40)41)24-16-23(10-11-25(24)32)36-27(39)26-12-9-22(31)19-35-26/h7-12,14,16,18-20H,5-6,13,15,17H2,1-4H3,(H2,33,37)(H,36,39). The highest BCUT2D eigenvalue weighted by Gasteiger charge is 2.63. The highest BCUT2D eigenvalue weighted by molar-refractivity contribution is 7.91. The van der Waals surface area contributed by atoms with Crippen molar-refractivity contribution in [1.29, 1.82) is 0 Å². The van der Waals surface area contributed by atoms with Crippen LogP contribution in [-0.4, -0.2) is 46.4 Å². The van der Waals surface area contributed by atoms with Crippen molar-refractivity contribution in [3.8, 4) is 0 Å². The van der Waals surface area contributed by atoms with E-state index in [0.29, 0.717) is 19.3 Å².